The fourth-order valence-electron chi connectivity index (χ4n) is 2.43. The number of esters is 1. The van der Waals surface area contributed by atoms with E-state index in [1.807, 2.05) is 31.2 Å². The molecule has 1 aromatic carbocycles. The summed E-state index contributed by atoms with van der Waals surface area (Å²) in [6, 6.07) is 7.67. The first-order valence-electron chi connectivity index (χ1n) is 7.39. The van der Waals surface area contributed by atoms with Gasteiger partial charge in [-0.15, -0.1) is 0 Å². The van der Waals surface area contributed by atoms with E-state index in [2.05, 4.69) is 0 Å². The molecule has 0 heterocycles. The molecule has 3 heteroatoms. The van der Waals surface area contributed by atoms with Crippen molar-refractivity contribution in [1.82, 2.24) is 0 Å². The highest BCUT2D eigenvalue weighted by Crippen LogP contribution is 2.20. The van der Waals surface area contributed by atoms with Crippen molar-refractivity contribution in [3.8, 4) is 5.75 Å². The second-order valence-electron chi connectivity index (χ2n) is 5.04. The lowest BCUT2D eigenvalue weighted by Gasteiger charge is -2.20. The van der Waals surface area contributed by atoms with Crippen LogP contribution in [0.4, 0.5) is 0 Å². The molecule has 1 aliphatic rings. The molecular formula is C17H22O3. The minimum atomic E-state index is -0.251. The molecule has 0 aliphatic heterocycles. The van der Waals surface area contributed by atoms with Crippen molar-refractivity contribution in [2.24, 2.45) is 0 Å². The molecule has 0 atom stereocenters. The molecule has 0 radical (unpaired) electrons. The minimum Gasteiger partial charge on any atom is -0.494 e. The summed E-state index contributed by atoms with van der Waals surface area (Å²) >= 11 is 0. The third kappa shape index (κ3) is 4.72. The summed E-state index contributed by atoms with van der Waals surface area (Å²) in [5.74, 6) is 0.564. The van der Waals surface area contributed by atoms with E-state index in [0.29, 0.717) is 6.61 Å². The Morgan fingerprint density at radius 3 is 2.85 bits per heavy atom. The third-order valence-corrected chi connectivity index (χ3v) is 3.42. The van der Waals surface area contributed by atoms with E-state index in [1.54, 1.807) is 6.08 Å². The first-order chi connectivity index (χ1) is 9.78. The Morgan fingerprint density at radius 1 is 1.30 bits per heavy atom. The van der Waals surface area contributed by atoms with E-state index in [0.717, 1.165) is 37.0 Å². The van der Waals surface area contributed by atoms with Crippen LogP contribution in [-0.2, 0) is 9.53 Å². The molecule has 20 heavy (non-hydrogen) atoms. The van der Waals surface area contributed by atoms with Crippen LogP contribution in [-0.4, -0.2) is 18.7 Å². The summed E-state index contributed by atoms with van der Waals surface area (Å²) in [7, 11) is 0. The lowest BCUT2D eigenvalue weighted by molar-refractivity contribution is -0.144. The SMILES string of the molecule is CCOc1cccc(C=CC(=O)OC2CCCCC2)c1. The van der Waals surface area contributed by atoms with Gasteiger partial charge >= 0.3 is 5.97 Å². The molecule has 3 nitrogen and oxygen atoms in total. The lowest BCUT2D eigenvalue weighted by Crippen LogP contribution is -2.19. The number of hydrogen-bond donors (Lipinski definition) is 0. The second kappa shape index (κ2) is 7.73. The number of ether oxygens (including phenoxy) is 2. The van der Waals surface area contributed by atoms with Crippen LogP contribution >= 0.6 is 0 Å². The molecule has 1 aliphatic carbocycles. The average molecular weight is 274 g/mol. The Labute approximate surface area is 120 Å². The predicted octanol–water partition coefficient (Wildman–Crippen LogP) is 3.97. The van der Waals surface area contributed by atoms with Crippen molar-refractivity contribution < 1.29 is 14.3 Å². The molecule has 0 saturated heterocycles. The molecule has 0 N–H and O–H groups in total. The molecule has 0 aromatic heterocycles. The van der Waals surface area contributed by atoms with Crippen molar-refractivity contribution in [1.29, 1.82) is 0 Å². The van der Waals surface area contributed by atoms with Crippen molar-refractivity contribution in [3.63, 3.8) is 0 Å². The zero-order chi connectivity index (χ0) is 14.2. The molecule has 1 fully saturated rings. The van der Waals surface area contributed by atoms with E-state index >= 15 is 0 Å². The highest BCUT2D eigenvalue weighted by molar-refractivity contribution is 5.87. The van der Waals surface area contributed by atoms with Crippen LogP contribution in [0.15, 0.2) is 30.3 Å². The maximum atomic E-state index is 11.8. The topological polar surface area (TPSA) is 35.5 Å². The van der Waals surface area contributed by atoms with Gasteiger partial charge in [0.25, 0.3) is 0 Å². The molecule has 108 valence electrons. The highest BCUT2D eigenvalue weighted by atomic mass is 16.5. The van der Waals surface area contributed by atoms with Crippen LogP contribution in [0.1, 0.15) is 44.6 Å². The highest BCUT2D eigenvalue weighted by Gasteiger charge is 2.16. The molecule has 1 aromatic rings. The van der Waals surface area contributed by atoms with Crippen LogP contribution in [0.25, 0.3) is 6.08 Å². The normalized spacial score (nSPS) is 16.2. The molecular weight excluding hydrogens is 252 g/mol. The van der Waals surface area contributed by atoms with Gasteiger partial charge < -0.3 is 9.47 Å². The van der Waals surface area contributed by atoms with Gasteiger partial charge in [0, 0.05) is 6.08 Å². The van der Waals surface area contributed by atoms with Crippen LogP contribution in [0.2, 0.25) is 0 Å². The summed E-state index contributed by atoms with van der Waals surface area (Å²) in [5.41, 5.74) is 0.941. The lowest BCUT2D eigenvalue weighted by atomic mass is 9.98. The van der Waals surface area contributed by atoms with Crippen molar-refractivity contribution in [2.75, 3.05) is 6.61 Å². The molecule has 0 bridgehead atoms. The van der Waals surface area contributed by atoms with Gasteiger partial charge in [-0.2, -0.15) is 0 Å². The Balaban J connectivity index is 1.87. The monoisotopic (exact) mass is 274 g/mol. The number of carbonyl (C=O) groups is 1. The first kappa shape index (κ1) is 14.6. The van der Waals surface area contributed by atoms with Crippen LogP contribution in [0.5, 0.6) is 5.75 Å². The summed E-state index contributed by atoms with van der Waals surface area (Å²) in [6.45, 7) is 2.58. The largest absolute Gasteiger partial charge is 0.494 e. The van der Waals surface area contributed by atoms with Gasteiger partial charge in [-0.25, -0.2) is 4.79 Å². The molecule has 1 saturated carbocycles. The van der Waals surface area contributed by atoms with E-state index in [4.69, 9.17) is 9.47 Å². The van der Waals surface area contributed by atoms with Crippen molar-refractivity contribution in [3.05, 3.63) is 35.9 Å². The van der Waals surface area contributed by atoms with Gasteiger partial charge in [0.15, 0.2) is 0 Å². The summed E-state index contributed by atoms with van der Waals surface area (Å²) in [4.78, 5) is 11.8. The Hall–Kier alpha value is -1.77. The van der Waals surface area contributed by atoms with Gasteiger partial charge in [0.2, 0.25) is 0 Å². The Bertz CT molecular complexity index is 459. The summed E-state index contributed by atoms with van der Waals surface area (Å²) in [6.07, 6.45) is 8.96. The quantitative estimate of drug-likeness (QED) is 0.602. The average Bonchev–Trinajstić information content (AvgIpc) is 2.47. The fourth-order valence-corrected chi connectivity index (χ4v) is 2.43. The fraction of sp³-hybridized carbons (Fsp3) is 0.471. The predicted molar refractivity (Wildman–Crippen MR) is 79.6 cm³/mol. The number of hydrogen-bond acceptors (Lipinski definition) is 3. The number of benzene rings is 1. The molecule has 0 unspecified atom stereocenters. The van der Waals surface area contributed by atoms with Crippen LogP contribution < -0.4 is 4.74 Å². The van der Waals surface area contributed by atoms with Crippen LogP contribution in [0, 0.1) is 0 Å². The number of rotatable bonds is 5. The van der Waals surface area contributed by atoms with E-state index in [-0.39, 0.29) is 12.1 Å². The Morgan fingerprint density at radius 2 is 2.10 bits per heavy atom. The third-order valence-electron chi connectivity index (χ3n) is 3.42. The van der Waals surface area contributed by atoms with Gasteiger partial charge in [0.1, 0.15) is 11.9 Å². The van der Waals surface area contributed by atoms with E-state index < -0.39 is 0 Å². The zero-order valence-corrected chi connectivity index (χ0v) is 12.0. The Kier molecular flexibility index (Phi) is 5.66. The van der Waals surface area contributed by atoms with E-state index in [1.165, 1.54) is 12.5 Å². The van der Waals surface area contributed by atoms with Crippen LogP contribution in [0.3, 0.4) is 0 Å². The van der Waals surface area contributed by atoms with Gasteiger partial charge in [-0.1, -0.05) is 18.6 Å². The zero-order valence-electron chi connectivity index (χ0n) is 12.0. The smallest absolute Gasteiger partial charge is 0.331 e. The first-order valence-corrected chi connectivity index (χ1v) is 7.39. The van der Waals surface area contributed by atoms with Gasteiger partial charge in [-0.05, 0) is 56.4 Å². The summed E-state index contributed by atoms with van der Waals surface area (Å²) < 4.78 is 10.9. The maximum Gasteiger partial charge on any atom is 0.331 e. The van der Waals surface area contributed by atoms with Gasteiger partial charge in [-0.3, -0.25) is 0 Å². The summed E-state index contributed by atoms with van der Waals surface area (Å²) in [5, 5.41) is 0. The molecule has 0 amide bonds. The number of carbonyl (C=O) groups excluding carboxylic acids is 1. The molecule has 0 spiro atoms. The maximum absolute atomic E-state index is 11.8. The van der Waals surface area contributed by atoms with E-state index in [9.17, 15) is 4.79 Å². The molecule has 2 rings (SSSR count). The van der Waals surface area contributed by atoms with Gasteiger partial charge in [0.05, 0.1) is 6.61 Å². The van der Waals surface area contributed by atoms with Crippen molar-refractivity contribution >= 4 is 12.0 Å². The second-order valence-corrected chi connectivity index (χ2v) is 5.04. The minimum absolute atomic E-state index is 0.107. The van der Waals surface area contributed by atoms with Crippen molar-refractivity contribution in [2.45, 2.75) is 45.1 Å². The standard InChI is InChI=1S/C17H22O3/c1-2-19-16-10-6-7-14(13-16)11-12-17(18)20-15-8-4-3-5-9-15/h6-7,10-13,15H,2-5,8-9H2,1H3.